The Labute approximate surface area is 111 Å². The van der Waals surface area contributed by atoms with E-state index in [4.69, 9.17) is 4.74 Å². The van der Waals surface area contributed by atoms with Crippen molar-refractivity contribution in [2.45, 2.75) is 19.1 Å². The minimum absolute atomic E-state index is 0. The quantitative estimate of drug-likeness (QED) is 0.876. The molecule has 17 heavy (non-hydrogen) atoms. The molecule has 1 saturated heterocycles. The van der Waals surface area contributed by atoms with Crippen LogP contribution in [0.3, 0.4) is 0 Å². The molecule has 2 heterocycles. The molecule has 6 heteroatoms. The summed E-state index contributed by atoms with van der Waals surface area (Å²) in [4.78, 5) is 13.0. The van der Waals surface area contributed by atoms with Gasteiger partial charge >= 0.3 is 0 Å². The minimum atomic E-state index is -0.351. The summed E-state index contributed by atoms with van der Waals surface area (Å²) in [6.45, 7) is 4.01. The largest absolute Gasteiger partial charge is 0.366 e. The molecular weight excluding hydrogens is 260 g/mol. The molecule has 0 bridgehead atoms. The van der Waals surface area contributed by atoms with Crippen LogP contribution in [-0.4, -0.2) is 31.7 Å². The van der Waals surface area contributed by atoms with Crippen molar-refractivity contribution in [2.24, 2.45) is 0 Å². The highest BCUT2D eigenvalue weighted by atomic mass is 35.5. The van der Waals surface area contributed by atoms with Gasteiger partial charge in [-0.15, -0.1) is 23.7 Å². The zero-order valence-electron chi connectivity index (χ0n) is 9.64. The number of ether oxygens (including phenoxy) is 1. The lowest BCUT2D eigenvalue weighted by Gasteiger charge is -2.24. The van der Waals surface area contributed by atoms with E-state index in [0.717, 1.165) is 11.4 Å². The maximum absolute atomic E-state index is 11.8. The van der Waals surface area contributed by atoms with Crippen LogP contribution >= 0.6 is 23.7 Å². The number of thiophene rings is 1. The molecule has 2 rings (SSSR count). The van der Waals surface area contributed by atoms with Gasteiger partial charge < -0.3 is 15.4 Å². The first-order valence-corrected chi connectivity index (χ1v) is 6.31. The number of rotatable bonds is 3. The fourth-order valence-electron chi connectivity index (χ4n) is 1.65. The molecule has 1 fully saturated rings. The molecule has 0 saturated carbocycles. The van der Waals surface area contributed by atoms with Gasteiger partial charge in [0.05, 0.1) is 12.6 Å². The summed E-state index contributed by atoms with van der Waals surface area (Å²) in [6.07, 6.45) is -0.351. The second kappa shape index (κ2) is 6.96. The molecule has 1 aliphatic heterocycles. The fraction of sp³-hybridized carbons (Fsp3) is 0.545. The number of nitrogens with one attached hydrogen (secondary N) is 2. The smallest absolute Gasteiger partial charge is 0.250 e. The monoisotopic (exact) mass is 276 g/mol. The molecule has 0 radical (unpaired) electrons. The molecule has 2 atom stereocenters. The molecule has 4 nitrogen and oxygen atoms in total. The molecular formula is C11H17ClN2O2S. The Morgan fingerprint density at radius 3 is 3.12 bits per heavy atom. The van der Waals surface area contributed by atoms with Gasteiger partial charge in [0.15, 0.2) is 0 Å². The Morgan fingerprint density at radius 1 is 1.71 bits per heavy atom. The van der Waals surface area contributed by atoms with Crippen LogP contribution in [-0.2, 0) is 9.53 Å². The third-order valence-electron chi connectivity index (χ3n) is 2.55. The number of hydrogen-bond donors (Lipinski definition) is 2. The van der Waals surface area contributed by atoms with Gasteiger partial charge in [-0.3, -0.25) is 4.79 Å². The second-order valence-electron chi connectivity index (χ2n) is 3.81. The summed E-state index contributed by atoms with van der Waals surface area (Å²) in [5, 5.41) is 8.11. The molecule has 96 valence electrons. The third-order valence-corrected chi connectivity index (χ3v) is 3.60. The third kappa shape index (κ3) is 3.96. The molecule has 2 unspecified atom stereocenters. The molecule has 1 aromatic rings. The van der Waals surface area contributed by atoms with Crippen molar-refractivity contribution < 1.29 is 9.53 Å². The molecule has 1 aromatic heterocycles. The predicted octanol–water partition coefficient (Wildman–Crippen LogP) is 1.34. The summed E-state index contributed by atoms with van der Waals surface area (Å²) < 4.78 is 5.39. The molecule has 0 aliphatic carbocycles. The molecule has 0 aromatic carbocycles. The van der Waals surface area contributed by atoms with Crippen LogP contribution in [0.1, 0.15) is 17.8 Å². The molecule has 1 amide bonds. The van der Waals surface area contributed by atoms with E-state index >= 15 is 0 Å². The van der Waals surface area contributed by atoms with Crippen molar-refractivity contribution in [3.8, 4) is 0 Å². The van der Waals surface area contributed by atoms with Gasteiger partial charge in [0.2, 0.25) is 0 Å². The van der Waals surface area contributed by atoms with E-state index in [0.29, 0.717) is 13.2 Å². The number of amides is 1. The van der Waals surface area contributed by atoms with Crippen LogP contribution in [0.2, 0.25) is 0 Å². The first-order valence-electron chi connectivity index (χ1n) is 5.43. The highest BCUT2D eigenvalue weighted by Gasteiger charge is 2.23. The zero-order chi connectivity index (χ0) is 11.4. The molecule has 2 N–H and O–H groups in total. The van der Waals surface area contributed by atoms with Crippen molar-refractivity contribution in [3.05, 3.63) is 22.4 Å². The topological polar surface area (TPSA) is 50.4 Å². The van der Waals surface area contributed by atoms with Gasteiger partial charge in [0, 0.05) is 18.0 Å². The normalized spacial score (nSPS) is 21.4. The summed E-state index contributed by atoms with van der Waals surface area (Å²) >= 11 is 1.65. The van der Waals surface area contributed by atoms with Crippen LogP contribution in [0, 0.1) is 0 Å². The molecule has 1 aliphatic rings. The minimum Gasteiger partial charge on any atom is -0.366 e. The van der Waals surface area contributed by atoms with Crippen molar-refractivity contribution in [1.82, 2.24) is 10.6 Å². The van der Waals surface area contributed by atoms with Crippen molar-refractivity contribution in [2.75, 3.05) is 19.7 Å². The maximum atomic E-state index is 11.8. The highest BCUT2D eigenvalue weighted by Crippen LogP contribution is 2.18. The number of halogens is 1. The first-order chi connectivity index (χ1) is 7.77. The Balaban J connectivity index is 0.00000144. The van der Waals surface area contributed by atoms with Gasteiger partial charge in [-0.25, -0.2) is 0 Å². The Kier molecular flexibility index (Phi) is 5.91. The van der Waals surface area contributed by atoms with E-state index in [2.05, 4.69) is 10.6 Å². The average molecular weight is 277 g/mol. The SMILES string of the molecule is CC(NC(=O)C1CNCCO1)c1cccs1.Cl. The van der Waals surface area contributed by atoms with E-state index < -0.39 is 0 Å². The van der Waals surface area contributed by atoms with Crippen LogP contribution in [0.4, 0.5) is 0 Å². The lowest BCUT2D eigenvalue weighted by Crippen LogP contribution is -2.48. The number of carbonyl (C=O) groups is 1. The van der Waals surface area contributed by atoms with Crippen molar-refractivity contribution in [3.63, 3.8) is 0 Å². The summed E-state index contributed by atoms with van der Waals surface area (Å²) in [5.74, 6) is -0.0342. The average Bonchev–Trinajstić information content (AvgIpc) is 2.83. The van der Waals surface area contributed by atoms with Crippen LogP contribution in [0.15, 0.2) is 17.5 Å². The molecule has 0 spiro atoms. The van der Waals surface area contributed by atoms with E-state index in [1.165, 1.54) is 0 Å². The van der Waals surface area contributed by atoms with E-state index in [1.54, 1.807) is 11.3 Å². The summed E-state index contributed by atoms with van der Waals surface area (Å²) in [5.41, 5.74) is 0. The van der Waals surface area contributed by atoms with Gasteiger partial charge in [0.1, 0.15) is 6.10 Å². The number of morpholine rings is 1. The van der Waals surface area contributed by atoms with Crippen LogP contribution in [0.5, 0.6) is 0 Å². The Bertz CT molecular complexity index is 339. The zero-order valence-corrected chi connectivity index (χ0v) is 11.3. The van der Waals surface area contributed by atoms with Crippen molar-refractivity contribution >= 4 is 29.7 Å². The standard InChI is InChI=1S/C11H16N2O2S.ClH/c1-8(10-3-2-6-16-10)13-11(14)9-7-12-4-5-15-9;/h2-3,6,8-9,12H,4-5,7H2,1H3,(H,13,14);1H. The van der Waals surface area contributed by atoms with E-state index in [9.17, 15) is 4.79 Å². The Hall–Kier alpha value is -0.620. The first kappa shape index (κ1) is 14.4. The maximum Gasteiger partial charge on any atom is 0.250 e. The highest BCUT2D eigenvalue weighted by molar-refractivity contribution is 7.10. The van der Waals surface area contributed by atoms with Gasteiger partial charge in [-0.2, -0.15) is 0 Å². The lowest BCUT2D eigenvalue weighted by atomic mass is 10.2. The van der Waals surface area contributed by atoms with E-state index in [1.807, 2.05) is 24.4 Å². The van der Waals surface area contributed by atoms with Gasteiger partial charge in [-0.05, 0) is 18.4 Å². The van der Waals surface area contributed by atoms with Crippen LogP contribution < -0.4 is 10.6 Å². The summed E-state index contributed by atoms with van der Waals surface area (Å²) in [6, 6.07) is 4.06. The Morgan fingerprint density at radius 2 is 2.53 bits per heavy atom. The number of hydrogen-bond acceptors (Lipinski definition) is 4. The second-order valence-corrected chi connectivity index (χ2v) is 4.79. The predicted molar refractivity (Wildman–Crippen MR) is 70.7 cm³/mol. The lowest BCUT2D eigenvalue weighted by molar-refractivity contribution is -0.134. The van der Waals surface area contributed by atoms with Gasteiger partial charge in [-0.1, -0.05) is 6.07 Å². The fourth-order valence-corrected chi connectivity index (χ4v) is 2.38. The van der Waals surface area contributed by atoms with Gasteiger partial charge in [0.25, 0.3) is 5.91 Å². The summed E-state index contributed by atoms with van der Waals surface area (Å²) in [7, 11) is 0. The van der Waals surface area contributed by atoms with Crippen molar-refractivity contribution in [1.29, 1.82) is 0 Å². The van der Waals surface area contributed by atoms with Crippen LogP contribution in [0.25, 0.3) is 0 Å². The van der Waals surface area contributed by atoms with E-state index in [-0.39, 0.29) is 30.5 Å². The number of carbonyl (C=O) groups excluding carboxylic acids is 1.